The van der Waals surface area contributed by atoms with E-state index in [1.165, 1.54) is 5.56 Å². The minimum absolute atomic E-state index is 0.570. The molecule has 0 aliphatic rings. The highest BCUT2D eigenvalue weighted by molar-refractivity contribution is 7.71. The quantitative estimate of drug-likeness (QED) is 0.730. The van der Waals surface area contributed by atoms with Gasteiger partial charge < -0.3 is 4.74 Å². The van der Waals surface area contributed by atoms with Crippen molar-refractivity contribution >= 4 is 12.2 Å². The first-order valence-electron chi connectivity index (χ1n) is 7.16. The van der Waals surface area contributed by atoms with Crippen molar-refractivity contribution in [2.45, 2.75) is 13.8 Å². The zero-order valence-corrected chi connectivity index (χ0v) is 13.4. The van der Waals surface area contributed by atoms with E-state index in [2.05, 4.69) is 29.3 Å². The molecule has 0 fully saturated rings. The average Bonchev–Trinajstić information content (AvgIpc) is 2.90. The maximum atomic E-state index is 5.48. The summed E-state index contributed by atoms with van der Waals surface area (Å²) in [4.78, 5) is 0. The van der Waals surface area contributed by atoms with Crippen LogP contribution in [0.2, 0.25) is 0 Å². The number of H-pyrrole nitrogens is 1. The second-order valence-electron chi connectivity index (χ2n) is 4.98. The van der Waals surface area contributed by atoms with E-state index in [0.29, 0.717) is 11.4 Å². The molecular formula is C17H17N3OS. The third-order valence-corrected chi connectivity index (χ3v) is 3.63. The van der Waals surface area contributed by atoms with E-state index in [4.69, 9.17) is 17.0 Å². The van der Waals surface area contributed by atoms with Gasteiger partial charge in [-0.25, -0.2) is 0 Å². The Morgan fingerprint density at radius 2 is 1.95 bits per heavy atom. The molecule has 0 amide bonds. The van der Waals surface area contributed by atoms with E-state index < -0.39 is 0 Å². The maximum absolute atomic E-state index is 5.48. The minimum Gasteiger partial charge on any atom is -0.494 e. The third-order valence-electron chi connectivity index (χ3n) is 3.35. The van der Waals surface area contributed by atoms with Crippen LogP contribution in [0.25, 0.3) is 17.1 Å². The smallest absolute Gasteiger partial charge is 0.200 e. The first kappa shape index (κ1) is 14.5. The van der Waals surface area contributed by atoms with E-state index >= 15 is 0 Å². The normalized spacial score (nSPS) is 10.6. The Kier molecular flexibility index (Phi) is 4.06. The number of hydrogen-bond donors (Lipinski definition) is 1. The lowest BCUT2D eigenvalue weighted by atomic mass is 10.1. The van der Waals surface area contributed by atoms with Gasteiger partial charge in [-0.15, -0.1) is 0 Å². The molecule has 0 saturated carbocycles. The van der Waals surface area contributed by atoms with Crippen molar-refractivity contribution in [2.75, 3.05) is 6.61 Å². The van der Waals surface area contributed by atoms with Gasteiger partial charge in [-0.2, -0.15) is 5.10 Å². The summed E-state index contributed by atoms with van der Waals surface area (Å²) in [5.41, 5.74) is 3.17. The molecule has 0 spiro atoms. The van der Waals surface area contributed by atoms with Crippen LogP contribution in [0, 0.1) is 11.7 Å². The second kappa shape index (κ2) is 6.15. The molecular weight excluding hydrogens is 294 g/mol. The maximum Gasteiger partial charge on any atom is 0.200 e. The van der Waals surface area contributed by atoms with E-state index in [1.54, 1.807) is 0 Å². The summed E-state index contributed by atoms with van der Waals surface area (Å²) in [6.45, 7) is 4.68. The summed E-state index contributed by atoms with van der Waals surface area (Å²) in [6.07, 6.45) is 0. The Hall–Kier alpha value is -2.40. The standard InChI is InChI=1S/C17H17N3OS/c1-3-21-15-9-7-14(8-10-15)20-16(18-19-17(20)22)13-6-4-5-12(2)11-13/h4-11H,3H2,1-2H3,(H,19,22). The van der Waals surface area contributed by atoms with Crippen LogP contribution >= 0.6 is 12.2 Å². The Labute approximate surface area is 134 Å². The Balaban J connectivity index is 2.08. The van der Waals surface area contributed by atoms with Crippen molar-refractivity contribution in [3.05, 3.63) is 58.9 Å². The lowest BCUT2D eigenvalue weighted by molar-refractivity contribution is 0.340. The Bertz CT molecular complexity index is 834. The van der Waals surface area contributed by atoms with Gasteiger partial charge in [-0.3, -0.25) is 9.67 Å². The van der Waals surface area contributed by atoms with Gasteiger partial charge in [0.25, 0.3) is 0 Å². The molecule has 3 aromatic rings. The molecule has 0 unspecified atom stereocenters. The van der Waals surface area contributed by atoms with E-state index in [0.717, 1.165) is 22.8 Å². The summed E-state index contributed by atoms with van der Waals surface area (Å²) in [6, 6.07) is 16.0. The van der Waals surface area contributed by atoms with Gasteiger partial charge in [0.15, 0.2) is 10.6 Å². The van der Waals surface area contributed by atoms with Crippen molar-refractivity contribution in [1.82, 2.24) is 14.8 Å². The van der Waals surface area contributed by atoms with Gasteiger partial charge in [0, 0.05) is 5.56 Å². The summed E-state index contributed by atoms with van der Waals surface area (Å²) in [5, 5.41) is 7.25. The molecule has 1 aromatic heterocycles. The number of ether oxygens (including phenoxy) is 1. The number of benzene rings is 2. The minimum atomic E-state index is 0.570. The topological polar surface area (TPSA) is 42.8 Å². The van der Waals surface area contributed by atoms with Crippen LogP contribution in [0.1, 0.15) is 12.5 Å². The molecule has 112 valence electrons. The van der Waals surface area contributed by atoms with Crippen LogP contribution in [0.3, 0.4) is 0 Å². The highest BCUT2D eigenvalue weighted by Gasteiger charge is 2.10. The van der Waals surface area contributed by atoms with E-state index in [-0.39, 0.29) is 0 Å². The molecule has 0 aliphatic carbocycles. The summed E-state index contributed by atoms with van der Waals surface area (Å²) < 4.78 is 7.98. The number of aryl methyl sites for hydroxylation is 1. The van der Waals surface area contributed by atoms with Crippen LogP contribution in [0.5, 0.6) is 5.75 Å². The lowest BCUT2D eigenvalue weighted by Gasteiger charge is -2.09. The molecule has 0 saturated heterocycles. The molecule has 1 N–H and O–H groups in total. The number of hydrogen-bond acceptors (Lipinski definition) is 3. The Morgan fingerprint density at radius 1 is 1.18 bits per heavy atom. The molecule has 3 rings (SSSR count). The van der Waals surface area contributed by atoms with Crippen LogP contribution in [-0.2, 0) is 0 Å². The molecule has 0 bridgehead atoms. The van der Waals surface area contributed by atoms with Gasteiger partial charge >= 0.3 is 0 Å². The fourth-order valence-electron chi connectivity index (χ4n) is 2.37. The number of nitrogens with zero attached hydrogens (tertiary/aromatic N) is 2. The fraction of sp³-hybridized carbons (Fsp3) is 0.176. The van der Waals surface area contributed by atoms with E-state index in [9.17, 15) is 0 Å². The van der Waals surface area contributed by atoms with Gasteiger partial charge in [-0.1, -0.05) is 23.8 Å². The zero-order valence-electron chi connectivity index (χ0n) is 12.5. The molecule has 0 aliphatic heterocycles. The summed E-state index contributed by atoms with van der Waals surface area (Å²) >= 11 is 5.39. The summed E-state index contributed by atoms with van der Waals surface area (Å²) in [7, 11) is 0. The van der Waals surface area contributed by atoms with E-state index in [1.807, 2.05) is 47.9 Å². The molecule has 1 heterocycles. The largest absolute Gasteiger partial charge is 0.494 e. The van der Waals surface area contributed by atoms with Crippen molar-refractivity contribution in [3.8, 4) is 22.8 Å². The van der Waals surface area contributed by atoms with Crippen LogP contribution in [-0.4, -0.2) is 21.4 Å². The predicted molar refractivity (Wildman–Crippen MR) is 90.1 cm³/mol. The SMILES string of the molecule is CCOc1ccc(-n2c(-c3cccc(C)c3)n[nH]c2=S)cc1. The average molecular weight is 311 g/mol. The summed E-state index contributed by atoms with van der Waals surface area (Å²) in [5.74, 6) is 1.65. The highest BCUT2D eigenvalue weighted by Crippen LogP contribution is 2.23. The molecule has 5 heteroatoms. The first-order chi connectivity index (χ1) is 10.7. The monoisotopic (exact) mass is 311 g/mol. The van der Waals surface area contributed by atoms with Crippen LogP contribution in [0.15, 0.2) is 48.5 Å². The third kappa shape index (κ3) is 2.80. The van der Waals surface area contributed by atoms with Gasteiger partial charge in [-0.05, 0) is 56.4 Å². The number of rotatable bonds is 4. The van der Waals surface area contributed by atoms with Crippen molar-refractivity contribution in [3.63, 3.8) is 0 Å². The van der Waals surface area contributed by atoms with Gasteiger partial charge in [0.05, 0.1) is 12.3 Å². The van der Waals surface area contributed by atoms with Gasteiger partial charge in [0.2, 0.25) is 0 Å². The van der Waals surface area contributed by atoms with Crippen LogP contribution in [0.4, 0.5) is 0 Å². The van der Waals surface area contributed by atoms with Gasteiger partial charge in [0.1, 0.15) is 5.75 Å². The van der Waals surface area contributed by atoms with Crippen molar-refractivity contribution in [1.29, 1.82) is 0 Å². The number of aromatic amines is 1. The highest BCUT2D eigenvalue weighted by atomic mass is 32.1. The second-order valence-corrected chi connectivity index (χ2v) is 5.37. The Morgan fingerprint density at radius 3 is 2.64 bits per heavy atom. The number of aromatic nitrogens is 3. The number of nitrogens with one attached hydrogen (secondary N) is 1. The van der Waals surface area contributed by atoms with Crippen molar-refractivity contribution in [2.24, 2.45) is 0 Å². The predicted octanol–water partition coefficient (Wildman–Crippen LogP) is 4.30. The molecule has 22 heavy (non-hydrogen) atoms. The van der Waals surface area contributed by atoms with Crippen LogP contribution < -0.4 is 4.74 Å². The van der Waals surface area contributed by atoms with Crippen molar-refractivity contribution < 1.29 is 4.74 Å². The molecule has 0 atom stereocenters. The molecule has 0 radical (unpaired) electrons. The lowest BCUT2D eigenvalue weighted by Crippen LogP contribution is -1.98. The zero-order chi connectivity index (χ0) is 15.5. The molecule has 2 aromatic carbocycles. The first-order valence-corrected chi connectivity index (χ1v) is 7.57. The molecule has 4 nitrogen and oxygen atoms in total. The fourth-order valence-corrected chi connectivity index (χ4v) is 2.61.